The van der Waals surface area contributed by atoms with Gasteiger partial charge in [0.05, 0.1) is 6.04 Å². The maximum Gasteiger partial charge on any atom is 0.136 e. The highest BCUT2D eigenvalue weighted by Crippen LogP contribution is 1.79. The summed E-state index contributed by atoms with van der Waals surface area (Å²) in [5, 5.41) is 3.02. The van der Waals surface area contributed by atoms with E-state index >= 15 is 0 Å². The van der Waals surface area contributed by atoms with Crippen LogP contribution in [0.4, 0.5) is 0 Å². The predicted molar refractivity (Wildman–Crippen MR) is 33.8 cm³/mol. The van der Waals surface area contributed by atoms with E-state index in [1.54, 1.807) is 0 Å². The number of carbonyl (C=O) groups excluding carboxylic acids is 1. The number of hydrogen-bond donors (Lipinski definition) is 1. The van der Waals surface area contributed by atoms with E-state index in [2.05, 4.69) is 5.32 Å². The molecule has 0 fully saturated rings. The van der Waals surface area contributed by atoms with Gasteiger partial charge in [0, 0.05) is 6.04 Å². The van der Waals surface area contributed by atoms with Gasteiger partial charge in [-0.15, -0.1) is 0 Å². The van der Waals surface area contributed by atoms with E-state index in [9.17, 15) is 4.79 Å². The number of carbonyl (C=O) groups is 1. The van der Waals surface area contributed by atoms with Gasteiger partial charge in [-0.25, -0.2) is 0 Å². The van der Waals surface area contributed by atoms with Crippen molar-refractivity contribution in [2.75, 3.05) is 0 Å². The van der Waals surface area contributed by atoms with Crippen molar-refractivity contribution in [2.24, 2.45) is 0 Å². The minimum absolute atomic E-state index is 0.00463. The third kappa shape index (κ3) is 3.81. The molecule has 0 aromatic heterocycles. The van der Waals surface area contributed by atoms with Crippen LogP contribution in [0.15, 0.2) is 0 Å². The highest BCUT2D eigenvalue weighted by atomic mass is 16.1. The Balaban J connectivity index is 3.23. The number of hydrogen-bond acceptors (Lipinski definition) is 2. The van der Waals surface area contributed by atoms with Crippen molar-refractivity contribution in [3.8, 4) is 0 Å². The van der Waals surface area contributed by atoms with Crippen molar-refractivity contribution in [3.63, 3.8) is 0 Å². The van der Waals surface area contributed by atoms with E-state index in [1.165, 1.54) is 0 Å². The van der Waals surface area contributed by atoms with E-state index in [0.29, 0.717) is 6.04 Å². The Kier molecular flexibility index (Phi) is 3.44. The molecule has 0 spiro atoms. The second-order valence-electron chi connectivity index (χ2n) is 2.25. The first-order chi connectivity index (χ1) is 3.66. The second kappa shape index (κ2) is 3.61. The molecule has 0 aromatic rings. The lowest BCUT2D eigenvalue weighted by Gasteiger charge is -2.08. The van der Waals surface area contributed by atoms with Gasteiger partial charge >= 0.3 is 0 Å². The lowest BCUT2D eigenvalue weighted by molar-refractivity contribution is -0.109. The molecule has 0 aliphatic heterocycles. The van der Waals surface area contributed by atoms with Gasteiger partial charge in [-0.05, 0) is 6.92 Å². The minimum atomic E-state index is -0.00463. The largest absolute Gasteiger partial charge is 0.306 e. The van der Waals surface area contributed by atoms with Gasteiger partial charge in [-0.3, -0.25) is 0 Å². The summed E-state index contributed by atoms with van der Waals surface area (Å²) in [4.78, 5) is 9.98. The van der Waals surface area contributed by atoms with Crippen LogP contribution in [0.1, 0.15) is 20.8 Å². The highest BCUT2D eigenvalue weighted by Gasteiger charge is 1.98. The van der Waals surface area contributed by atoms with E-state index in [1.807, 2.05) is 20.8 Å². The van der Waals surface area contributed by atoms with E-state index < -0.39 is 0 Å². The monoisotopic (exact) mass is 115 g/mol. The van der Waals surface area contributed by atoms with Gasteiger partial charge in [0.15, 0.2) is 0 Å². The maximum absolute atomic E-state index is 9.98. The molecule has 2 nitrogen and oxygen atoms in total. The average Bonchev–Trinajstić information content (AvgIpc) is 1.65. The standard InChI is InChI=1S/C6H13NO/c1-5(2)7-6(3)4-8/h4-7H,1-3H3/t6-/m0/s1. The van der Waals surface area contributed by atoms with Crippen LogP contribution in [0.3, 0.4) is 0 Å². The predicted octanol–water partition coefficient (Wildman–Crippen LogP) is 0.572. The fourth-order valence-electron chi connectivity index (χ4n) is 0.565. The minimum Gasteiger partial charge on any atom is -0.306 e. The molecule has 0 aromatic carbocycles. The highest BCUT2D eigenvalue weighted by molar-refractivity contribution is 5.56. The molecule has 2 heteroatoms. The first-order valence-electron chi connectivity index (χ1n) is 2.88. The summed E-state index contributed by atoms with van der Waals surface area (Å²) in [6.07, 6.45) is 0.903. The molecule has 0 heterocycles. The van der Waals surface area contributed by atoms with Gasteiger partial charge in [-0.2, -0.15) is 0 Å². The second-order valence-corrected chi connectivity index (χ2v) is 2.25. The molecule has 0 aliphatic rings. The SMILES string of the molecule is CC(C)N[C@@H](C)C=O. The zero-order valence-corrected chi connectivity index (χ0v) is 5.64. The van der Waals surface area contributed by atoms with Crippen LogP contribution in [0.2, 0.25) is 0 Å². The summed E-state index contributed by atoms with van der Waals surface area (Å²) in [5.74, 6) is 0. The summed E-state index contributed by atoms with van der Waals surface area (Å²) in [6.45, 7) is 5.87. The summed E-state index contributed by atoms with van der Waals surface area (Å²) < 4.78 is 0. The van der Waals surface area contributed by atoms with Crippen molar-refractivity contribution >= 4 is 6.29 Å². The van der Waals surface area contributed by atoms with Crippen molar-refractivity contribution in [2.45, 2.75) is 32.9 Å². The summed E-state index contributed by atoms with van der Waals surface area (Å²) in [5.41, 5.74) is 0. The van der Waals surface area contributed by atoms with Gasteiger partial charge in [0.1, 0.15) is 6.29 Å². The Morgan fingerprint density at radius 2 is 1.88 bits per heavy atom. The normalized spacial score (nSPS) is 14.0. The molecule has 8 heavy (non-hydrogen) atoms. The molecule has 0 amide bonds. The van der Waals surface area contributed by atoms with Crippen LogP contribution in [0.25, 0.3) is 0 Å². The summed E-state index contributed by atoms with van der Waals surface area (Å²) in [6, 6.07) is 0.394. The molecule has 0 aliphatic carbocycles. The fraction of sp³-hybridized carbons (Fsp3) is 0.833. The Morgan fingerprint density at radius 1 is 1.38 bits per heavy atom. The molecule has 1 atom stereocenters. The molecule has 0 bridgehead atoms. The average molecular weight is 115 g/mol. The van der Waals surface area contributed by atoms with Gasteiger partial charge < -0.3 is 10.1 Å². The van der Waals surface area contributed by atoms with Crippen LogP contribution >= 0.6 is 0 Å². The molecule has 1 N–H and O–H groups in total. The maximum atomic E-state index is 9.98. The number of aldehydes is 1. The molecular weight excluding hydrogens is 102 g/mol. The van der Waals surface area contributed by atoms with Gasteiger partial charge in [0.25, 0.3) is 0 Å². The Bertz CT molecular complexity index is 70.9. The quantitative estimate of drug-likeness (QED) is 0.545. The zero-order valence-electron chi connectivity index (χ0n) is 5.64. The van der Waals surface area contributed by atoms with Gasteiger partial charge in [-0.1, -0.05) is 13.8 Å². The van der Waals surface area contributed by atoms with E-state index in [4.69, 9.17) is 0 Å². The summed E-state index contributed by atoms with van der Waals surface area (Å²) in [7, 11) is 0. The lowest BCUT2D eigenvalue weighted by atomic mass is 10.3. The van der Waals surface area contributed by atoms with Crippen LogP contribution < -0.4 is 5.32 Å². The molecule has 0 saturated carbocycles. The topological polar surface area (TPSA) is 29.1 Å². The first-order valence-corrected chi connectivity index (χ1v) is 2.88. The Labute approximate surface area is 50.3 Å². The van der Waals surface area contributed by atoms with Crippen molar-refractivity contribution in [3.05, 3.63) is 0 Å². The number of rotatable bonds is 3. The summed E-state index contributed by atoms with van der Waals surface area (Å²) >= 11 is 0. The molecule has 48 valence electrons. The van der Waals surface area contributed by atoms with Crippen LogP contribution in [-0.4, -0.2) is 18.4 Å². The first kappa shape index (κ1) is 7.63. The molecule has 0 unspecified atom stereocenters. The molecule has 0 radical (unpaired) electrons. The van der Waals surface area contributed by atoms with E-state index in [-0.39, 0.29) is 6.04 Å². The molecule has 0 rings (SSSR count). The Hall–Kier alpha value is -0.370. The van der Waals surface area contributed by atoms with Crippen molar-refractivity contribution in [1.29, 1.82) is 0 Å². The van der Waals surface area contributed by atoms with Crippen LogP contribution in [0, 0.1) is 0 Å². The van der Waals surface area contributed by atoms with Crippen molar-refractivity contribution in [1.82, 2.24) is 5.32 Å². The van der Waals surface area contributed by atoms with Gasteiger partial charge in [0.2, 0.25) is 0 Å². The smallest absolute Gasteiger partial charge is 0.136 e. The third-order valence-corrected chi connectivity index (χ3v) is 0.800. The number of nitrogens with one attached hydrogen (secondary N) is 1. The van der Waals surface area contributed by atoms with Crippen LogP contribution in [0.5, 0.6) is 0 Å². The lowest BCUT2D eigenvalue weighted by Crippen LogP contribution is -2.33. The molecular formula is C6H13NO. The molecule has 0 saturated heterocycles. The third-order valence-electron chi connectivity index (χ3n) is 0.800. The Morgan fingerprint density at radius 3 is 2.00 bits per heavy atom. The van der Waals surface area contributed by atoms with E-state index in [0.717, 1.165) is 6.29 Å². The fourth-order valence-corrected chi connectivity index (χ4v) is 0.565. The zero-order chi connectivity index (χ0) is 6.57. The van der Waals surface area contributed by atoms with Crippen molar-refractivity contribution < 1.29 is 4.79 Å². The van der Waals surface area contributed by atoms with Crippen LogP contribution in [-0.2, 0) is 4.79 Å².